The lowest BCUT2D eigenvalue weighted by atomic mass is 10.3. The Morgan fingerprint density at radius 3 is 2.62 bits per heavy atom. The fourth-order valence-electron chi connectivity index (χ4n) is 2.64. The van der Waals surface area contributed by atoms with Gasteiger partial charge in [0.15, 0.2) is 0 Å². The second kappa shape index (κ2) is 8.45. The van der Waals surface area contributed by atoms with Crippen molar-refractivity contribution in [1.82, 2.24) is 9.80 Å². The highest BCUT2D eigenvalue weighted by molar-refractivity contribution is 8.00. The Bertz CT molecular complexity index is 570. The van der Waals surface area contributed by atoms with Crippen molar-refractivity contribution < 1.29 is 18.0 Å². The van der Waals surface area contributed by atoms with Gasteiger partial charge in [-0.05, 0) is 25.5 Å². The number of carbonyl (C=O) groups excluding carboxylic acids is 1. The molecule has 1 unspecified atom stereocenters. The summed E-state index contributed by atoms with van der Waals surface area (Å²) in [5.41, 5.74) is 0. The van der Waals surface area contributed by atoms with E-state index in [4.69, 9.17) is 11.6 Å². The number of thioether (sulfide) groups is 1. The van der Waals surface area contributed by atoms with Crippen LogP contribution in [0, 0.1) is 0 Å². The van der Waals surface area contributed by atoms with Crippen molar-refractivity contribution in [2.45, 2.75) is 29.7 Å². The van der Waals surface area contributed by atoms with E-state index in [1.807, 2.05) is 18.2 Å². The highest BCUT2D eigenvalue weighted by Gasteiger charge is 2.32. The van der Waals surface area contributed by atoms with Crippen molar-refractivity contribution in [1.29, 1.82) is 0 Å². The van der Waals surface area contributed by atoms with Gasteiger partial charge in [-0.25, -0.2) is 0 Å². The summed E-state index contributed by atoms with van der Waals surface area (Å²) >= 11 is 7.48. The number of alkyl halides is 3. The van der Waals surface area contributed by atoms with E-state index in [0.29, 0.717) is 31.1 Å². The molecule has 1 aromatic carbocycles. The van der Waals surface area contributed by atoms with Crippen LogP contribution >= 0.6 is 23.4 Å². The van der Waals surface area contributed by atoms with E-state index >= 15 is 0 Å². The van der Waals surface area contributed by atoms with Crippen LogP contribution in [0.4, 0.5) is 13.2 Å². The molecule has 1 saturated heterocycles. The van der Waals surface area contributed by atoms with E-state index in [-0.39, 0.29) is 17.7 Å². The molecule has 0 bridgehead atoms. The number of halogens is 4. The van der Waals surface area contributed by atoms with Gasteiger partial charge in [0.1, 0.15) is 0 Å². The summed E-state index contributed by atoms with van der Waals surface area (Å²) in [7, 11) is 0. The van der Waals surface area contributed by atoms with Gasteiger partial charge in [-0.2, -0.15) is 13.2 Å². The van der Waals surface area contributed by atoms with Crippen LogP contribution in [0.2, 0.25) is 5.02 Å². The molecule has 0 saturated carbocycles. The van der Waals surface area contributed by atoms with E-state index in [0.717, 1.165) is 4.90 Å². The molecule has 1 fully saturated rings. The van der Waals surface area contributed by atoms with E-state index in [1.165, 1.54) is 16.7 Å². The predicted octanol–water partition coefficient (Wildman–Crippen LogP) is 3.92. The van der Waals surface area contributed by atoms with Gasteiger partial charge in [0, 0.05) is 31.1 Å². The van der Waals surface area contributed by atoms with Crippen molar-refractivity contribution >= 4 is 29.3 Å². The van der Waals surface area contributed by atoms with Crippen LogP contribution in [0.25, 0.3) is 0 Å². The number of rotatable bonds is 4. The van der Waals surface area contributed by atoms with Gasteiger partial charge in [-0.15, -0.1) is 11.8 Å². The Kier molecular flexibility index (Phi) is 6.83. The largest absolute Gasteiger partial charge is 0.401 e. The van der Waals surface area contributed by atoms with Gasteiger partial charge in [0.2, 0.25) is 5.91 Å². The number of hydrogen-bond acceptors (Lipinski definition) is 3. The zero-order valence-corrected chi connectivity index (χ0v) is 14.9. The zero-order valence-electron chi connectivity index (χ0n) is 13.4. The molecule has 134 valence electrons. The van der Waals surface area contributed by atoms with E-state index in [1.54, 1.807) is 17.9 Å². The molecule has 1 aromatic rings. The number of amides is 1. The Hall–Kier alpha value is -0.920. The quantitative estimate of drug-likeness (QED) is 0.740. The van der Waals surface area contributed by atoms with Crippen molar-refractivity contribution in [3.8, 4) is 0 Å². The Morgan fingerprint density at radius 2 is 1.96 bits per heavy atom. The fourth-order valence-corrected chi connectivity index (χ4v) is 3.88. The minimum absolute atomic E-state index is 0.0613. The van der Waals surface area contributed by atoms with Gasteiger partial charge in [0.05, 0.1) is 16.8 Å². The molecule has 3 nitrogen and oxygen atoms in total. The molecule has 0 aliphatic carbocycles. The second-order valence-corrected chi connectivity index (χ2v) is 7.55. The lowest BCUT2D eigenvalue weighted by Crippen LogP contribution is -2.40. The summed E-state index contributed by atoms with van der Waals surface area (Å²) in [6.07, 6.45) is -3.66. The molecule has 1 heterocycles. The molecule has 0 spiro atoms. The molecule has 0 N–H and O–H groups in total. The van der Waals surface area contributed by atoms with Crippen molar-refractivity contribution in [3.63, 3.8) is 0 Å². The highest BCUT2D eigenvalue weighted by atomic mass is 35.5. The van der Waals surface area contributed by atoms with E-state index in [9.17, 15) is 18.0 Å². The number of carbonyl (C=O) groups is 1. The van der Waals surface area contributed by atoms with Crippen LogP contribution in [0.3, 0.4) is 0 Å². The van der Waals surface area contributed by atoms with Crippen LogP contribution in [0.1, 0.15) is 13.3 Å². The first-order valence-corrected chi connectivity index (χ1v) is 9.01. The topological polar surface area (TPSA) is 23.6 Å². The summed E-state index contributed by atoms with van der Waals surface area (Å²) in [5, 5.41) is 0.258. The van der Waals surface area contributed by atoms with Crippen molar-refractivity contribution in [2.75, 3.05) is 32.7 Å². The molecule has 1 aliphatic rings. The maximum Gasteiger partial charge on any atom is 0.401 e. The van der Waals surface area contributed by atoms with Gasteiger partial charge in [-0.3, -0.25) is 9.69 Å². The van der Waals surface area contributed by atoms with Gasteiger partial charge in [-0.1, -0.05) is 23.7 Å². The van der Waals surface area contributed by atoms with Crippen molar-refractivity contribution in [3.05, 3.63) is 29.3 Å². The Labute approximate surface area is 149 Å². The average molecular weight is 381 g/mol. The third-order valence-electron chi connectivity index (χ3n) is 3.79. The smallest absolute Gasteiger partial charge is 0.340 e. The SMILES string of the molecule is CC(Sc1ccccc1Cl)C(=O)N1CCCN(CC(F)(F)F)CC1. The third-order valence-corrected chi connectivity index (χ3v) is 5.40. The molecular weight excluding hydrogens is 361 g/mol. The fraction of sp³-hybridized carbons (Fsp3) is 0.562. The summed E-state index contributed by atoms with van der Waals surface area (Å²) < 4.78 is 37.5. The molecule has 0 aromatic heterocycles. The average Bonchev–Trinajstić information content (AvgIpc) is 2.72. The third kappa shape index (κ3) is 5.86. The number of nitrogens with zero attached hydrogens (tertiary/aromatic N) is 2. The molecule has 8 heteroatoms. The summed E-state index contributed by atoms with van der Waals surface area (Å²) in [5.74, 6) is -0.0613. The number of benzene rings is 1. The standard InChI is InChI=1S/C16H20ClF3N2OS/c1-12(24-14-6-3-2-5-13(14)17)15(23)22-8-4-7-21(9-10-22)11-16(18,19)20/h2-3,5-6,12H,4,7-11H2,1H3. The molecule has 24 heavy (non-hydrogen) atoms. The number of hydrogen-bond donors (Lipinski definition) is 0. The molecular formula is C16H20ClF3N2OS. The predicted molar refractivity (Wildman–Crippen MR) is 90.5 cm³/mol. The van der Waals surface area contributed by atoms with Crippen LogP contribution in [0.5, 0.6) is 0 Å². The molecule has 1 amide bonds. The molecule has 0 radical (unpaired) electrons. The minimum Gasteiger partial charge on any atom is -0.340 e. The lowest BCUT2D eigenvalue weighted by molar-refractivity contribution is -0.145. The molecule has 1 atom stereocenters. The maximum absolute atomic E-state index is 12.6. The monoisotopic (exact) mass is 380 g/mol. The Balaban J connectivity index is 1.91. The van der Waals surface area contributed by atoms with Crippen LogP contribution in [-0.2, 0) is 4.79 Å². The van der Waals surface area contributed by atoms with Crippen LogP contribution in [-0.4, -0.2) is 59.9 Å². The molecule has 1 aliphatic heterocycles. The maximum atomic E-state index is 12.6. The zero-order chi connectivity index (χ0) is 17.7. The second-order valence-electron chi connectivity index (χ2n) is 5.76. The van der Waals surface area contributed by atoms with Gasteiger partial charge in [0.25, 0.3) is 0 Å². The summed E-state index contributed by atoms with van der Waals surface area (Å²) in [6.45, 7) is 2.29. The Morgan fingerprint density at radius 1 is 1.25 bits per heavy atom. The summed E-state index contributed by atoms with van der Waals surface area (Å²) in [4.78, 5) is 16.4. The first-order chi connectivity index (χ1) is 11.3. The normalized spacial score (nSPS) is 18.3. The van der Waals surface area contributed by atoms with Gasteiger partial charge < -0.3 is 4.90 Å². The highest BCUT2D eigenvalue weighted by Crippen LogP contribution is 2.31. The van der Waals surface area contributed by atoms with Gasteiger partial charge >= 0.3 is 6.18 Å². The van der Waals surface area contributed by atoms with Crippen LogP contribution in [0.15, 0.2) is 29.2 Å². The van der Waals surface area contributed by atoms with Crippen LogP contribution < -0.4 is 0 Å². The minimum atomic E-state index is -4.20. The van der Waals surface area contributed by atoms with E-state index in [2.05, 4.69) is 0 Å². The first kappa shape index (κ1) is 19.4. The summed E-state index contributed by atoms with van der Waals surface area (Å²) in [6, 6.07) is 7.29. The van der Waals surface area contributed by atoms with E-state index < -0.39 is 12.7 Å². The van der Waals surface area contributed by atoms with Crippen molar-refractivity contribution in [2.24, 2.45) is 0 Å². The molecule has 2 rings (SSSR count). The first-order valence-electron chi connectivity index (χ1n) is 7.75. The lowest BCUT2D eigenvalue weighted by Gasteiger charge is -2.25.